The summed E-state index contributed by atoms with van der Waals surface area (Å²) in [6.45, 7) is 5.41. The van der Waals surface area contributed by atoms with Crippen LogP contribution in [0.25, 0.3) is 0 Å². The third kappa shape index (κ3) is 3.37. The van der Waals surface area contributed by atoms with Crippen molar-refractivity contribution in [2.24, 2.45) is 5.92 Å². The van der Waals surface area contributed by atoms with E-state index in [0.717, 1.165) is 19.6 Å². The molecule has 64 valence electrons. The van der Waals surface area contributed by atoms with Gasteiger partial charge in [0.2, 0.25) is 5.91 Å². The van der Waals surface area contributed by atoms with Crippen LogP contribution in [0, 0.1) is 5.92 Å². The lowest BCUT2D eigenvalue weighted by atomic mass is 10.2. The fourth-order valence-electron chi connectivity index (χ4n) is 0.795. The second-order valence-electron chi connectivity index (χ2n) is 3.19. The highest BCUT2D eigenvalue weighted by atomic mass is 16.6. The quantitative estimate of drug-likeness (QED) is 0.605. The molecule has 0 spiro atoms. The Hall–Kier alpha value is -0.570. The molecule has 1 atom stereocenters. The van der Waals surface area contributed by atoms with Crippen molar-refractivity contribution in [2.45, 2.75) is 26.4 Å². The van der Waals surface area contributed by atoms with Gasteiger partial charge in [0.15, 0.2) is 0 Å². The van der Waals surface area contributed by atoms with Crippen LogP contribution in [0.2, 0.25) is 0 Å². The molecule has 1 fully saturated rings. The predicted molar refractivity (Wildman–Crippen MR) is 42.2 cm³/mol. The number of epoxide rings is 1. The first kappa shape index (κ1) is 8.53. The average Bonchev–Trinajstić information content (AvgIpc) is 2.71. The summed E-state index contributed by atoms with van der Waals surface area (Å²) in [5, 5.41) is 2.83. The summed E-state index contributed by atoms with van der Waals surface area (Å²) in [5.74, 6) is 0.223. The molecule has 1 unspecified atom stereocenters. The van der Waals surface area contributed by atoms with E-state index in [1.807, 2.05) is 13.8 Å². The van der Waals surface area contributed by atoms with E-state index in [4.69, 9.17) is 4.74 Å². The Balaban J connectivity index is 1.96. The lowest BCUT2D eigenvalue weighted by molar-refractivity contribution is -0.123. The zero-order valence-corrected chi connectivity index (χ0v) is 7.09. The maximum absolute atomic E-state index is 11.0. The van der Waals surface area contributed by atoms with Crippen LogP contribution in [-0.2, 0) is 9.53 Å². The monoisotopic (exact) mass is 157 g/mol. The van der Waals surface area contributed by atoms with Crippen LogP contribution in [0.3, 0.4) is 0 Å². The summed E-state index contributed by atoms with van der Waals surface area (Å²) < 4.78 is 5.00. The van der Waals surface area contributed by atoms with Gasteiger partial charge in [0, 0.05) is 12.5 Å². The minimum absolute atomic E-state index is 0.0927. The first-order valence-corrected chi connectivity index (χ1v) is 4.09. The third-order valence-corrected chi connectivity index (χ3v) is 1.69. The maximum atomic E-state index is 11.0. The molecule has 1 rings (SSSR count). The Kier molecular flexibility index (Phi) is 2.88. The van der Waals surface area contributed by atoms with E-state index < -0.39 is 0 Å². The number of carbonyl (C=O) groups is 1. The first-order valence-electron chi connectivity index (χ1n) is 4.09. The van der Waals surface area contributed by atoms with Crippen molar-refractivity contribution in [3.05, 3.63) is 0 Å². The van der Waals surface area contributed by atoms with Gasteiger partial charge in [-0.2, -0.15) is 0 Å². The highest BCUT2D eigenvalue weighted by Crippen LogP contribution is 2.11. The van der Waals surface area contributed by atoms with Crippen molar-refractivity contribution < 1.29 is 9.53 Å². The molecule has 11 heavy (non-hydrogen) atoms. The maximum Gasteiger partial charge on any atom is 0.222 e. The van der Waals surface area contributed by atoms with Gasteiger partial charge in [-0.1, -0.05) is 13.8 Å². The van der Waals surface area contributed by atoms with Gasteiger partial charge in [0.1, 0.15) is 0 Å². The van der Waals surface area contributed by atoms with Crippen LogP contribution in [-0.4, -0.2) is 25.2 Å². The van der Waals surface area contributed by atoms with Crippen LogP contribution in [0.4, 0.5) is 0 Å². The van der Waals surface area contributed by atoms with E-state index in [0.29, 0.717) is 6.10 Å². The smallest absolute Gasteiger partial charge is 0.222 e. The van der Waals surface area contributed by atoms with Crippen molar-refractivity contribution in [1.29, 1.82) is 0 Å². The lowest BCUT2D eigenvalue weighted by Gasteiger charge is -2.05. The van der Waals surface area contributed by atoms with Crippen LogP contribution >= 0.6 is 0 Å². The molecule has 0 aromatic carbocycles. The van der Waals surface area contributed by atoms with Gasteiger partial charge < -0.3 is 10.1 Å². The Morgan fingerprint density at radius 2 is 2.36 bits per heavy atom. The van der Waals surface area contributed by atoms with Crippen molar-refractivity contribution >= 4 is 5.91 Å². The topological polar surface area (TPSA) is 41.6 Å². The molecule has 1 amide bonds. The molecule has 3 heteroatoms. The normalized spacial score (nSPS) is 21.9. The summed E-state index contributed by atoms with van der Waals surface area (Å²) in [7, 11) is 0. The van der Waals surface area contributed by atoms with Gasteiger partial charge in [0.05, 0.1) is 12.7 Å². The van der Waals surface area contributed by atoms with Crippen LogP contribution in [0.15, 0.2) is 0 Å². The highest BCUT2D eigenvalue weighted by molar-refractivity contribution is 5.77. The molecule has 0 aliphatic carbocycles. The number of amides is 1. The van der Waals surface area contributed by atoms with Crippen molar-refractivity contribution in [2.75, 3.05) is 13.2 Å². The zero-order chi connectivity index (χ0) is 8.27. The number of carbonyl (C=O) groups excluding carboxylic acids is 1. The van der Waals surface area contributed by atoms with E-state index in [2.05, 4.69) is 5.32 Å². The molecule has 1 aliphatic heterocycles. The Bertz CT molecular complexity index is 141. The van der Waals surface area contributed by atoms with Crippen molar-refractivity contribution in [3.63, 3.8) is 0 Å². The van der Waals surface area contributed by atoms with E-state index in [1.54, 1.807) is 0 Å². The number of nitrogens with one attached hydrogen (secondary N) is 1. The Morgan fingerprint density at radius 1 is 1.73 bits per heavy atom. The first-order chi connectivity index (χ1) is 5.20. The molecule has 0 radical (unpaired) electrons. The second-order valence-corrected chi connectivity index (χ2v) is 3.19. The molecule has 1 saturated heterocycles. The predicted octanol–water partition coefficient (Wildman–Crippen LogP) is 0.547. The largest absolute Gasteiger partial charge is 0.373 e. The third-order valence-electron chi connectivity index (χ3n) is 1.69. The zero-order valence-electron chi connectivity index (χ0n) is 7.09. The van der Waals surface area contributed by atoms with E-state index >= 15 is 0 Å². The number of ether oxygens (including phenoxy) is 1. The molecule has 0 aromatic rings. The lowest BCUT2D eigenvalue weighted by Crippen LogP contribution is -2.29. The number of hydrogen-bond acceptors (Lipinski definition) is 2. The van der Waals surface area contributed by atoms with Crippen molar-refractivity contribution in [3.8, 4) is 0 Å². The minimum atomic E-state index is 0.0927. The number of rotatable bonds is 4. The molecular formula is C8H15NO2. The minimum Gasteiger partial charge on any atom is -0.373 e. The van der Waals surface area contributed by atoms with Gasteiger partial charge in [0.25, 0.3) is 0 Å². The van der Waals surface area contributed by atoms with Gasteiger partial charge in [-0.25, -0.2) is 0 Å². The van der Waals surface area contributed by atoms with Crippen LogP contribution < -0.4 is 5.32 Å². The highest BCUT2D eigenvalue weighted by Gasteiger charge is 2.21. The summed E-state index contributed by atoms with van der Waals surface area (Å²) in [5.41, 5.74) is 0. The van der Waals surface area contributed by atoms with Crippen LogP contribution in [0.5, 0.6) is 0 Å². The van der Waals surface area contributed by atoms with Crippen molar-refractivity contribution in [1.82, 2.24) is 5.32 Å². The molecule has 3 nitrogen and oxygen atoms in total. The molecule has 0 aromatic heterocycles. The molecule has 0 bridgehead atoms. The van der Waals surface area contributed by atoms with Gasteiger partial charge in [-0.15, -0.1) is 0 Å². The number of hydrogen-bond donors (Lipinski definition) is 1. The van der Waals surface area contributed by atoms with Gasteiger partial charge >= 0.3 is 0 Å². The Morgan fingerprint density at radius 3 is 2.82 bits per heavy atom. The average molecular weight is 157 g/mol. The van der Waals surface area contributed by atoms with Gasteiger partial charge in [-0.05, 0) is 6.42 Å². The fraction of sp³-hybridized carbons (Fsp3) is 0.875. The summed E-state index contributed by atoms with van der Waals surface area (Å²) in [4.78, 5) is 11.0. The summed E-state index contributed by atoms with van der Waals surface area (Å²) in [6.07, 6.45) is 1.38. The fourth-order valence-corrected chi connectivity index (χ4v) is 0.795. The molecule has 1 heterocycles. The van der Waals surface area contributed by atoms with E-state index in [9.17, 15) is 4.79 Å². The second kappa shape index (κ2) is 3.72. The summed E-state index contributed by atoms with van der Waals surface area (Å²) in [6, 6.07) is 0. The molecular weight excluding hydrogens is 142 g/mol. The van der Waals surface area contributed by atoms with E-state index in [1.165, 1.54) is 0 Å². The standard InChI is InChI=1S/C8H15NO2/c1-6(2)8(10)9-4-3-7-5-11-7/h6-7H,3-5H2,1-2H3,(H,9,10). The van der Waals surface area contributed by atoms with Gasteiger partial charge in [-0.3, -0.25) is 4.79 Å². The van der Waals surface area contributed by atoms with Crippen LogP contribution in [0.1, 0.15) is 20.3 Å². The summed E-state index contributed by atoms with van der Waals surface area (Å²) >= 11 is 0. The SMILES string of the molecule is CC(C)C(=O)NCCC1CO1. The molecule has 0 saturated carbocycles. The van der Waals surface area contributed by atoms with E-state index in [-0.39, 0.29) is 11.8 Å². The molecule has 1 aliphatic rings. The Labute approximate surface area is 67.1 Å². The molecule has 1 N–H and O–H groups in total.